The average Bonchev–Trinajstić information content (AvgIpc) is 2.15. The minimum atomic E-state index is -0.278. The Labute approximate surface area is 82.5 Å². The molecule has 0 aliphatic heterocycles. The van der Waals surface area contributed by atoms with E-state index in [9.17, 15) is 4.39 Å². The molecule has 0 fully saturated rings. The number of rotatable bonds is 4. The van der Waals surface area contributed by atoms with Crippen LogP contribution in [-0.2, 0) is 0 Å². The first-order valence-electron chi connectivity index (χ1n) is 4.28. The molecular weight excluding hydrogens is 185 g/mol. The lowest BCUT2D eigenvalue weighted by molar-refractivity contribution is 0.533. The van der Waals surface area contributed by atoms with Crippen molar-refractivity contribution in [1.29, 1.82) is 0 Å². The second kappa shape index (κ2) is 5.25. The molecule has 1 aromatic carbocycles. The van der Waals surface area contributed by atoms with Crippen LogP contribution < -0.4 is 5.73 Å². The Morgan fingerprint density at radius 2 is 2.00 bits per heavy atom. The number of alkyl halides is 1. The third kappa shape index (κ3) is 3.36. The molecule has 13 heavy (non-hydrogen) atoms. The van der Waals surface area contributed by atoms with Crippen LogP contribution in [0.3, 0.4) is 0 Å². The van der Waals surface area contributed by atoms with Crippen molar-refractivity contribution in [1.82, 2.24) is 0 Å². The van der Waals surface area contributed by atoms with Gasteiger partial charge >= 0.3 is 0 Å². The zero-order valence-corrected chi connectivity index (χ0v) is 8.48. The lowest BCUT2D eigenvalue weighted by Crippen LogP contribution is -2.04. The molecule has 0 amide bonds. The number of nitrogens with two attached hydrogens (primary N) is 1. The summed E-state index contributed by atoms with van der Waals surface area (Å²) in [7, 11) is 0. The maximum atomic E-state index is 11.8. The van der Waals surface area contributed by atoms with E-state index >= 15 is 0 Å². The topological polar surface area (TPSA) is 26.0 Å². The average molecular weight is 199 g/mol. The van der Waals surface area contributed by atoms with Gasteiger partial charge in [-0.2, -0.15) is 0 Å². The Morgan fingerprint density at radius 3 is 2.46 bits per heavy atom. The molecule has 0 bridgehead atoms. The van der Waals surface area contributed by atoms with Gasteiger partial charge in [-0.1, -0.05) is 12.1 Å². The molecule has 0 heterocycles. The van der Waals surface area contributed by atoms with Crippen LogP contribution in [0.25, 0.3) is 0 Å². The van der Waals surface area contributed by atoms with Crippen molar-refractivity contribution in [3.8, 4) is 0 Å². The van der Waals surface area contributed by atoms with E-state index in [1.54, 1.807) is 0 Å². The summed E-state index contributed by atoms with van der Waals surface area (Å²) in [6, 6.07) is 8.02. The first-order valence-corrected chi connectivity index (χ1v) is 5.27. The van der Waals surface area contributed by atoms with Gasteiger partial charge in [-0.15, -0.1) is 11.8 Å². The van der Waals surface area contributed by atoms with Crippen LogP contribution in [0.5, 0.6) is 0 Å². The van der Waals surface area contributed by atoms with Gasteiger partial charge in [0, 0.05) is 16.7 Å². The number of hydrogen-bond acceptors (Lipinski definition) is 2. The minimum absolute atomic E-state index is 0.0697. The summed E-state index contributed by atoms with van der Waals surface area (Å²) in [6.45, 7) is 1.67. The molecule has 1 nitrogen and oxygen atoms in total. The van der Waals surface area contributed by atoms with Gasteiger partial charge in [-0.25, -0.2) is 0 Å². The van der Waals surface area contributed by atoms with Gasteiger partial charge < -0.3 is 5.73 Å². The number of hydrogen-bond donors (Lipinski definition) is 1. The smallest absolute Gasteiger partial charge is 0.0988 e. The van der Waals surface area contributed by atoms with E-state index in [1.165, 1.54) is 11.8 Å². The summed E-state index contributed by atoms with van der Waals surface area (Å²) in [5, 5.41) is 0. The molecule has 1 unspecified atom stereocenters. The highest BCUT2D eigenvalue weighted by molar-refractivity contribution is 7.99. The second-order valence-corrected chi connectivity index (χ2v) is 4.06. The SMILES string of the molecule is CC(N)c1ccc(SCCF)cc1. The van der Waals surface area contributed by atoms with Crippen molar-refractivity contribution >= 4 is 11.8 Å². The van der Waals surface area contributed by atoms with E-state index in [-0.39, 0.29) is 12.7 Å². The van der Waals surface area contributed by atoms with Gasteiger partial charge in [-0.3, -0.25) is 4.39 Å². The third-order valence-corrected chi connectivity index (χ3v) is 2.72. The van der Waals surface area contributed by atoms with E-state index in [2.05, 4.69) is 0 Å². The Kier molecular flexibility index (Phi) is 4.25. The summed E-state index contributed by atoms with van der Waals surface area (Å²) in [4.78, 5) is 1.10. The largest absolute Gasteiger partial charge is 0.324 e. The van der Waals surface area contributed by atoms with Crippen molar-refractivity contribution in [2.24, 2.45) is 5.73 Å². The number of benzene rings is 1. The molecule has 2 N–H and O–H groups in total. The Morgan fingerprint density at radius 1 is 1.38 bits per heavy atom. The van der Waals surface area contributed by atoms with Crippen molar-refractivity contribution in [2.45, 2.75) is 17.9 Å². The maximum absolute atomic E-state index is 11.8. The van der Waals surface area contributed by atoms with Gasteiger partial charge in [-0.05, 0) is 24.6 Å². The lowest BCUT2D eigenvalue weighted by Gasteiger charge is -2.05. The van der Waals surface area contributed by atoms with Gasteiger partial charge in [0.1, 0.15) is 0 Å². The normalized spacial score (nSPS) is 12.8. The molecule has 0 aromatic heterocycles. The summed E-state index contributed by atoms with van der Waals surface area (Å²) in [6.07, 6.45) is 0. The summed E-state index contributed by atoms with van der Waals surface area (Å²) < 4.78 is 11.8. The number of thioether (sulfide) groups is 1. The Bertz CT molecular complexity index is 246. The van der Waals surface area contributed by atoms with Crippen LogP contribution in [0.2, 0.25) is 0 Å². The van der Waals surface area contributed by atoms with Crippen LogP contribution in [0.15, 0.2) is 29.2 Å². The molecule has 1 aromatic rings. The van der Waals surface area contributed by atoms with Crippen molar-refractivity contribution in [3.63, 3.8) is 0 Å². The van der Waals surface area contributed by atoms with Crippen LogP contribution in [0.4, 0.5) is 4.39 Å². The Hall–Kier alpha value is -0.540. The monoisotopic (exact) mass is 199 g/mol. The molecule has 1 atom stereocenters. The molecule has 0 saturated heterocycles. The fraction of sp³-hybridized carbons (Fsp3) is 0.400. The molecular formula is C10H14FNS. The van der Waals surface area contributed by atoms with E-state index < -0.39 is 0 Å². The molecule has 3 heteroatoms. The molecule has 72 valence electrons. The summed E-state index contributed by atoms with van der Waals surface area (Å²) in [5.74, 6) is 0.525. The van der Waals surface area contributed by atoms with Gasteiger partial charge in [0.25, 0.3) is 0 Å². The first kappa shape index (κ1) is 10.5. The van der Waals surface area contributed by atoms with E-state index in [1.807, 2.05) is 31.2 Å². The maximum Gasteiger partial charge on any atom is 0.0988 e. The molecule has 1 rings (SSSR count). The minimum Gasteiger partial charge on any atom is -0.324 e. The molecule has 0 aliphatic carbocycles. The van der Waals surface area contributed by atoms with Crippen LogP contribution in [-0.4, -0.2) is 12.4 Å². The molecule has 0 aliphatic rings. The lowest BCUT2D eigenvalue weighted by atomic mass is 10.1. The molecule has 0 saturated carbocycles. The van der Waals surface area contributed by atoms with Gasteiger partial charge in [0.2, 0.25) is 0 Å². The highest BCUT2D eigenvalue weighted by Gasteiger charge is 1.98. The predicted molar refractivity (Wildman–Crippen MR) is 55.7 cm³/mol. The standard InChI is InChI=1S/C10H14FNS/c1-8(12)9-2-4-10(5-3-9)13-7-6-11/h2-5,8H,6-7,12H2,1H3. The highest BCUT2D eigenvalue weighted by Crippen LogP contribution is 2.19. The van der Waals surface area contributed by atoms with E-state index in [0.717, 1.165) is 10.5 Å². The van der Waals surface area contributed by atoms with Crippen molar-refractivity contribution in [3.05, 3.63) is 29.8 Å². The molecule has 0 radical (unpaired) electrons. The Balaban J connectivity index is 2.59. The zero-order chi connectivity index (χ0) is 9.68. The van der Waals surface area contributed by atoms with Gasteiger partial charge in [0.15, 0.2) is 0 Å². The van der Waals surface area contributed by atoms with Crippen LogP contribution in [0, 0.1) is 0 Å². The van der Waals surface area contributed by atoms with Crippen LogP contribution in [0.1, 0.15) is 18.5 Å². The first-order chi connectivity index (χ1) is 6.24. The van der Waals surface area contributed by atoms with Crippen LogP contribution >= 0.6 is 11.8 Å². The quantitative estimate of drug-likeness (QED) is 0.755. The fourth-order valence-electron chi connectivity index (χ4n) is 1.02. The second-order valence-electron chi connectivity index (χ2n) is 2.90. The third-order valence-electron chi connectivity index (χ3n) is 1.75. The van der Waals surface area contributed by atoms with E-state index in [4.69, 9.17) is 5.73 Å². The van der Waals surface area contributed by atoms with Gasteiger partial charge in [0.05, 0.1) is 6.67 Å². The fourth-order valence-corrected chi connectivity index (χ4v) is 1.67. The summed E-state index contributed by atoms with van der Waals surface area (Å²) in [5.41, 5.74) is 6.81. The van der Waals surface area contributed by atoms with E-state index in [0.29, 0.717) is 5.75 Å². The number of halogens is 1. The predicted octanol–water partition coefficient (Wildman–Crippen LogP) is 2.77. The summed E-state index contributed by atoms with van der Waals surface area (Å²) >= 11 is 1.53. The molecule has 0 spiro atoms. The van der Waals surface area contributed by atoms with Crippen molar-refractivity contribution < 1.29 is 4.39 Å². The van der Waals surface area contributed by atoms with Crippen molar-refractivity contribution in [2.75, 3.05) is 12.4 Å². The zero-order valence-electron chi connectivity index (χ0n) is 7.66. The highest BCUT2D eigenvalue weighted by atomic mass is 32.2.